The molecule has 154 valence electrons. The molecule has 9 heteroatoms. The Balaban J connectivity index is 1.50. The van der Waals surface area contributed by atoms with Gasteiger partial charge < -0.3 is 4.90 Å². The van der Waals surface area contributed by atoms with Crippen molar-refractivity contribution >= 4 is 32.5 Å². The van der Waals surface area contributed by atoms with E-state index in [0.717, 1.165) is 33.5 Å². The van der Waals surface area contributed by atoms with Crippen LogP contribution in [-0.4, -0.2) is 70.6 Å². The molecule has 1 aliphatic rings. The molecule has 1 aromatic carbocycles. The number of nitrogens with zero attached hydrogens (tertiary/aromatic N) is 5. The summed E-state index contributed by atoms with van der Waals surface area (Å²) in [7, 11) is -3.20. The number of fused-ring (bicyclic) bond motifs is 3. The predicted octanol–water partition coefficient (Wildman–Crippen LogP) is 1.54. The molecule has 0 radical (unpaired) electrons. The van der Waals surface area contributed by atoms with E-state index in [4.69, 9.17) is 4.98 Å². The largest absolute Gasteiger partial charge is 0.340 e. The maximum absolute atomic E-state index is 12.7. The van der Waals surface area contributed by atoms with E-state index >= 15 is 0 Å². The Kier molecular flexibility index (Phi) is 5.04. The minimum atomic E-state index is -3.20. The third-order valence-electron chi connectivity index (χ3n) is 5.67. The first-order chi connectivity index (χ1) is 13.8. The number of benzene rings is 1. The van der Waals surface area contributed by atoms with Crippen LogP contribution >= 0.6 is 0 Å². The van der Waals surface area contributed by atoms with E-state index in [-0.39, 0.29) is 5.91 Å². The second-order valence-corrected chi connectivity index (χ2v) is 9.54. The van der Waals surface area contributed by atoms with Gasteiger partial charge in [0.2, 0.25) is 15.9 Å². The fourth-order valence-corrected chi connectivity index (χ4v) is 4.82. The monoisotopic (exact) mass is 415 g/mol. The highest BCUT2D eigenvalue weighted by molar-refractivity contribution is 7.88. The number of hydrogen-bond acceptors (Lipinski definition) is 5. The summed E-state index contributed by atoms with van der Waals surface area (Å²) in [6.45, 7) is 5.57. The van der Waals surface area contributed by atoms with Crippen molar-refractivity contribution in [3.63, 3.8) is 0 Å². The molecule has 3 aromatic rings. The van der Waals surface area contributed by atoms with E-state index in [1.165, 1.54) is 10.6 Å². The number of aromatic nitrogens is 3. The zero-order chi connectivity index (χ0) is 20.8. The van der Waals surface area contributed by atoms with Crippen LogP contribution in [0.4, 0.5) is 0 Å². The van der Waals surface area contributed by atoms with Gasteiger partial charge in [0.25, 0.3) is 0 Å². The molecule has 1 amide bonds. The van der Waals surface area contributed by atoms with E-state index in [2.05, 4.69) is 5.10 Å². The smallest absolute Gasteiger partial charge is 0.222 e. The van der Waals surface area contributed by atoms with Crippen molar-refractivity contribution in [3.8, 4) is 0 Å². The molecule has 4 rings (SSSR count). The van der Waals surface area contributed by atoms with Crippen LogP contribution in [0, 0.1) is 13.8 Å². The number of hydrogen-bond donors (Lipinski definition) is 0. The molecule has 0 saturated carbocycles. The maximum Gasteiger partial charge on any atom is 0.222 e. The Labute approximate surface area is 170 Å². The van der Waals surface area contributed by atoms with Crippen LogP contribution in [0.3, 0.4) is 0 Å². The van der Waals surface area contributed by atoms with Gasteiger partial charge in [0.1, 0.15) is 0 Å². The molecule has 0 atom stereocenters. The molecular formula is C20H25N5O3S. The van der Waals surface area contributed by atoms with Crippen LogP contribution in [0.25, 0.3) is 16.6 Å². The summed E-state index contributed by atoms with van der Waals surface area (Å²) in [6, 6.07) is 7.92. The summed E-state index contributed by atoms with van der Waals surface area (Å²) < 4.78 is 26.5. The molecule has 1 aliphatic heterocycles. The molecule has 2 aromatic heterocycles. The van der Waals surface area contributed by atoms with Gasteiger partial charge >= 0.3 is 0 Å². The summed E-state index contributed by atoms with van der Waals surface area (Å²) in [6.07, 6.45) is 2.16. The average Bonchev–Trinajstić information content (AvgIpc) is 3.06. The van der Waals surface area contributed by atoms with E-state index in [0.29, 0.717) is 39.0 Å². The third-order valence-corrected chi connectivity index (χ3v) is 6.97. The van der Waals surface area contributed by atoms with Crippen LogP contribution in [0.2, 0.25) is 0 Å². The van der Waals surface area contributed by atoms with Gasteiger partial charge in [-0.15, -0.1) is 0 Å². The van der Waals surface area contributed by atoms with Crippen molar-refractivity contribution in [2.45, 2.75) is 26.7 Å². The van der Waals surface area contributed by atoms with Gasteiger partial charge in [0.15, 0.2) is 5.65 Å². The SMILES string of the molecule is Cc1nc2c3ccccc3nn2c(C)c1CCC(=O)N1CCN(S(C)(=O)=O)CC1. The number of sulfonamides is 1. The van der Waals surface area contributed by atoms with E-state index in [1.54, 1.807) is 4.90 Å². The highest BCUT2D eigenvalue weighted by Crippen LogP contribution is 2.23. The lowest BCUT2D eigenvalue weighted by molar-refractivity contribution is -0.132. The molecule has 29 heavy (non-hydrogen) atoms. The summed E-state index contributed by atoms with van der Waals surface area (Å²) in [4.78, 5) is 19.2. The van der Waals surface area contributed by atoms with Crippen molar-refractivity contribution in [2.24, 2.45) is 0 Å². The standard InChI is InChI=1S/C20H25N5O3S/c1-14-16(8-9-19(26)23-10-12-24(13-11-23)29(3,27)28)15(2)25-20(21-14)17-6-4-5-7-18(17)22-25/h4-7H,8-13H2,1-3H3. The first kappa shape index (κ1) is 19.8. The first-order valence-corrected chi connectivity index (χ1v) is 11.6. The lowest BCUT2D eigenvalue weighted by Crippen LogP contribution is -2.50. The summed E-state index contributed by atoms with van der Waals surface area (Å²) in [5.74, 6) is 0.0441. The fraction of sp³-hybridized carbons (Fsp3) is 0.450. The fourth-order valence-electron chi connectivity index (χ4n) is 4.00. The van der Waals surface area contributed by atoms with Gasteiger partial charge in [-0.3, -0.25) is 4.79 Å². The number of aryl methyl sites for hydroxylation is 2. The Morgan fingerprint density at radius 2 is 1.79 bits per heavy atom. The predicted molar refractivity (Wildman–Crippen MR) is 111 cm³/mol. The van der Waals surface area contributed by atoms with Crippen LogP contribution in [0.5, 0.6) is 0 Å². The van der Waals surface area contributed by atoms with Crippen molar-refractivity contribution in [1.82, 2.24) is 23.8 Å². The molecule has 0 bridgehead atoms. The zero-order valence-corrected chi connectivity index (χ0v) is 17.7. The third kappa shape index (κ3) is 3.72. The van der Waals surface area contributed by atoms with Crippen molar-refractivity contribution in [2.75, 3.05) is 32.4 Å². The number of rotatable bonds is 4. The van der Waals surface area contributed by atoms with Gasteiger partial charge in [-0.2, -0.15) is 9.40 Å². The minimum absolute atomic E-state index is 0.0441. The second kappa shape index (κ2) is 7.38. The van der Waals surface area contributed by atoms with Crippen LogP contribution in [0.1, 0.15) is 23.4 Å². The molecule has 1 fully saturated rings. The summed E-state index contributed by atoms with van der Waals surface area (Å²) >= 11 is 0. The highest BCUT2D eigenvalue weighted by atomic mass is 32.2. The van der Waals surface area contributed by atoms with Gasteiger partial charge in [0.05, 0.1) is 11.8 Å². The topological polar surface area (TPSA) is 87.9 Å². The van der Waals surface area contributed by atoms with Gasteiger partial charge in [-0.25, -0.2) is 17.9 Å². The Bertz CT molecular complexity index is 1190. The Morgan fingerprint density at radius 1 is 1.10 bits per heavy atom. The normalized spacial score (nSPS) is 16.0. The van der Waals surface area contributed by atoms with E-state index < -0.39 is 10.0 Å². The lowest BCUT2D eigenvalue weighted by Gasteiger charge is -2.33. The van der Waals surface area contributed by atoms with Gasteiger partial charge in [0, 0.05) is 49.4 Å². The molecular weight excluding hydrogens is 390 g/mol. The molecule has 3 heterocycles. The van der Waals surface area contributed by atoms with Crippen molar-refractivity contribution < 1.29 is 13.2 Å². The minimum Gasteiger partial charge on any atom is -0.340 e. The summed E-state index contributed by atoms with van der Waals surface area (Å²) in [5.41, 5.74) is 4.68. The zero-order valence-electron chi connectivity index (χ0n) is 16.9. The highest BCUT2D eigenvalue weighted by Gasteiger charge is 2.26. The van der Waals surface area contributed by atoms with Crippen LogP contribution in [0.15, 0.2) is 24.3 Å². The van der Waals surface area contributed by atoms with Gasteiger partial charge in [-0.1, -0.05) is 12.1 Å². The maximum atomic E-state index is 12.7. The quantitative estimate of drug-likeness (QED) is 0.645. The van der Waals surface area contributed by atoms with Crippen molar-refractivity contribution in [3.05, 3.63) is 41.2 Å². The molecule has 8 nitrogen and oxygen atoms in total. The first-order valence-electron chi connectivity index (χ1n) is 9.72. The molecule has 0 spiro atoms. The van der Waals surface area contributed by atoms with E-state index in [1.807, 2.05) is 42.6 Å². The van der Waals surface area contributed by atoms with Gasteiger partial charge in [-0.05, 0) is 38.0 Å². The number of carbonyl (C=O) groups excluding carboxylic acids is 1. The van der Waals surface area contributed by atoms with Crippen LogP contribution in [-0.2, 0) is 21.2 Å². The number of amides is 1. The number of piperazine rings is 1. The molecule has 0 N–H and O–H groups in total. The Hall–Kier alpha value is -2.52. The number of carbonyl (C=O) groups is 1. The van der Waals surface area contributed by atoms with E-state index in [9.17, 15) is 13.2 Å². The molecule has 0 aliphatic carbocycles. The molecule has 1 saturated heterocycles. The molecule has 0 unspecified atom stereocenters. The van der Waals surface area contributed by atoms with Crippen molar-refractivity contribution in [1.29, 1.82) is 0 Å². The summed E-state index contributed by atoms with van der Waals surface area (Å²) in [5, 5.41) is 5.68. The van der Waals surface area contributed by atoms with Crippen LogP contribution < -0.4 is 0 Å². The Morgan fingerprint density at radius 3 is 2.48 bits per heavy atom. The lowest BCUT2D eigenvalue weighted by atomic mass is 10.1. The second-order valence-electron chi connectivity index (χ2n) is 7.56. The average molecular weight is 416 g/mol.